The smallest absolute Gasteiger partial charge is 0.261 e. The van der Waals surface area contributed by atoms with Gasteiger partial charge in [0.1, 0.15) is 11.5 Å². The van der Waals surface area contributed by atoms with Gasteiger partial charge in [-0.15, -0.1) is 0 Å². The number of nitrogens with one attached hydrogen (secondary N) is 1. The van der Waals surface area contributed by atoms with Gasteiger partial charge in [0.15, 0.2) is 6.61 Å². The molecular formula is C15H15ClN2O5S. The van der Waals surface area contributed by atoms with Crippen molar-refractivity contribution in [3.05, 3.63) is 47.5 Å². The van der Waals surface area contributed by atoms with Gasteiger partial charge in [-0.05, 0) is 42.5 Å². The molecule has 1 amide bonds. The first-order valence-corrected chi connectivity index (χ1v) is 8.55. The Morgan fingerprint density at radius 3 is 2.42 bits per heavy atom. The van der Waals surface area contributed by atoms with Crippen LogP contribution in [0.3, 0.4) is 0 Å². The Labute approximate surface area is 144 Å². The molecule has 2 aromatic carbocycles. The second-order valence-corrected chi connectivity index (χ2v) is 6.77. The summed E-state index contributed by atoms with van der Waals surface area (Å²) >= 11 is 5.97. The number of benzene rings is 2. The Hall–Kier alpha value is -2.45. The predicted octanol–water partition coefficient (Wildman–Crippen LogP) is 2.01. The molecule has 0 heterocycles. The zero-order valence-corrected chi connectivity index (χ0v) is 14.2. The van der Waals surface area contributed by atoms with E-state index in [0.29, 0.717) is 17.2 Å². The number of hydrogen-bond donors (Lipinski definition) is 2. The van der Waals surface area contributed by atoms with E-state index in [2.05, 4.69) is 4.72 Å². The SMILES string of the molecule is COc1ccc(NS(=O)(=O)c2ccc(OCC(N)=O)cc2)cc1Cl. The molecule has 0 unspecified atom stereocenters. The lowest BCUT2D eigenvalue weighted by Crippen LogP contribution is -2.20. The summed E-state index contributed by atoms with van der Waals surface area (Å²) in [7, 11) is -2.33. The van der Waals surface area contributed by atoms with Gasteiger partial charge in [0.05, 0.1) is 22.7 Å². The van der Waals surface area contributed by atoms with Crippen molar-refractivity contribution in [1.29, 1.82) is 0 Å². The normalized spacial score (nSPS) is 10.9. The fourth-order valence-corrected chi connectivity index (χ4v) is 3.12. The Balaban J connectivity index is 2.15. The van der Waals surface area contributed by atoms with Crippen LogP contribution in [0, 0.1) is 0 Å². The van der Waals surface area contributed by atoms with E-state index >= 15 is 0 Å². The minimum Gasteiger partial charge on any atom is -0.495 e. The summed E-state index contributed by atoms with van der Waals surface area (Å²) in [5.41, 5.74) is 5.27. The number of sulfonamides is 1. The van der Waals surface area contributed by atoms with Crippen LogP contribution in [0.25, 0.3) is 0 Å². The molecule has 0 atom stereocenters. The van der Waals surface area contributed by atoms with Crippen molar-refractivity contribution < 1.29 is 22.7 Å². The zero-order chi connectivity index (χ0) is 17.7. The maximum absolute atomic E-state index is 12.3. The average Bonchev–Trinajstić information content (AvgIpc) is 2.53. The lowest BCUT2D eigenvalue weighted by molar-refractivity contribution is -0.119. The Kier molecular flexibility index (Phi) is 5.53. The van der Waals surface area contributed by atoms with Gasteiger partial charge < -0.3 is 15.2 Å². The average molecular weight is 371 g/mol. The van der Waals surface area contributed by atoms with Crippen LogP contribution < -0.4 is 19.9 Å². The van der Waals surface area contributed by atoms with Crippen LogP contribution in [0.2, 0.25) is 5.02 Å². The van der Waals surface area contributed by atoms with Crippen molar-refractivity contribution in [2.24, 2.45) is 5.73 Å². The number of carbonyl (C=O) groups excluding carboxylic acids is 1. The largest absolute Gasteiger partial charge is 0.495 e. The fourth-order valence-electron chi connectivity index (χ4n) is 1.81. The van der Waals surface area contributed by atoms with Gasteiger partial charge in [0, 0.05) is 0 Å². The number of ether oxygens (including phenoxy) is 2. The molecule has 0 bridgehead atoms. The molecule has 0 saturated carbocycles. The summed E-state index contributed by atoms with van der Waals surface area (Å²) in [6.07, 6.45) is 0. The van der Waals surface area contributed by atoms with Gasteiger partial charge in [0.2, 0.25) is 0 Å². The maximum atomic E-state index is 12.3. The van der Waals surface area contributed by atoms with E-state index < -0.39 is 15.9 Å². The second-order valence-electron chi connectivity index (χ2n) is 4.68. The highest BCUT2D eigenvalue weighted by molar-refractivity contribution is 7.92. The molecular weight excluding hydrogens is 356 g/mol. The number of anilines is 1. The van der Waals surface area contributed by atoms with Crippen molar-refractivity contribution in [2.75, 3.05) is 18.4 Å². The quantitative estimate of drug-likeness (QED) is 0.775. The van der Waals surface area contributed by atoms with Gasteiger partial charge in [-0.3, -0.25) is 9.52 Å². The Morgan fingerprint density at radius 2 is 1.88 bits per heavy atom. The van der Waals surface area contributed by atoms with Crippen LogP contribution in [-0.2, 0) is 14.8 Å². The molecule has 0 radical (unpaired) electrons. The van der Waals surface area contributed by atoms with E-state index in [1.54, 1.807) is 6.07 Å². The molecule has 0 aromatic heterocycles. The highest BCUT2D eigenvalue weighted by Crippen LogP contribution is 2.28. The van der Waals surface area contributed by atoms with E-state index in [4.69, 9.17) is 26.8 Å². The van der Waals surface area contributed by atoms with Crippen LogP contribution in [0.15, 0.2) is 47.4 Å². The molecule has 9 heteroatoms. The van der Waals surface area contributed by atoms with Crippen LogP contribution in [0.4, 0.5) is 5.69 Å². The van der Waals surface area contributed by atoms with Gasteiger partial charge >= 0.3 is 0 Å². The van der Waals surface area contributed by atoms with Crippen LogP contribution >= 0.6 is 11.6 Å². The third-order valence-corrected chi connectivity index (χ3v) is 4.61. The highest BCUT2D eigenvalue weighted by Gasteiger charge is 2.15. The van der Waals surface area contributed by atoms with Gasteiger partial charge in [-0.25, -0.2) is 8.42 Å². The molecule has 0 saturated heterocycles. The number of carbonyl (C=O) groups is 1. The van der Waals surface area contributed by atoms with Crippen molar-refractivity contribution in [1.82, 2.24) is 0 Å². The molecule has 0 aliphatic rings. The first-order valence-electron chi connectivity index (χ1n) is 6.69. The number of nitrogens with two attached hydrogens (primary N) is 1. The summed E-state index contributed by atoms with van der Waals surface area (Å²) in [6.45, 7) is -0.283. The zero-order valence-electron chi connectivity index (χ0n) is 12.7. The molecule has 0 aliphatic carbocycles. The molecule has 128 valence electrons. The molecule has 7 nitrogen and oxygen atoms in total. The summed E-state index contributed by atoms with van der Waals surface area (Å²) in [4.78, 5) is 10.7. The summed E-state index contributed by atoms with van der Waals surface area (Å²) in [5, 5.41) is 0.285. The number of methoxy groups -OCH3 is 1. The minimum atomic E-state index is -3.79. The standard InChI is InChI=1S/C15H15ClN2O5S/c1-22-14-7-2-10(8-13(14)16)18-24(20,21)12-5-3-11(4-6-12)23-9-15(17)19/h2-8,18H,9H2,1H3,(H2,17,19). The molecule has 3 N–H and O–H groups in total. The first kappa shape index (κ1) is 17.9. The molecule has 2 rings (SSSR count). The number of rotatable bonds is 7. The van der Waals surface area contributed by atoms with Crippen molar-refractivity contribution >= 4 is 33.2 Å². The lowest BCUT2D eigenvalue weighted by atomic mass is 10.3. The predicted molar refractivity (Wildman–Crippen MR) is 89.9 cm³/mol. The Morgan fingerprint density at radius 1 is 1.21 bits per heavy atom. The molecule has 24 heavy (non-hydrogen) atoms. The van der Waals surface area contributed by atoms with E-state index in [9.17, 15) is 13.2 Å². The van der Waals surface area contributed by atoms with E-state index in [-0.39, 0.29) is 16.5 Å². The van der Waals surface area contributed by atoms with E-state index in [0.717, 1.165) is 0 Å². The van der Waals surface area contributed by atoms with Crippen molar-refractivity contribution in [2.45, 2.75) is 4.90 Å². The van der Waals surface area contributed by atoms with Gasteiger partial charge in [-0.1, -0.05) is 11.6 Å². The number of primary amides is 1. The summed E-state index contributed by atoms with van der Waals surface area (Å²) in [5.74, 6) is 0.153. The third kappa shape index (κ3) is 4.53. The monoisotopic (exact) mass is 370 g/mol. The first-order chi connectivity index (χ1) is 11.3. The maximum Gasteiger partial charge on any atom is 0.261 e. The van der Waals surface area contributed by atoms with Gasteiger partial charge in [-0.2, -0.15) is 0 Å². The molecule has 0 aliphatic heterocycles. The fraction of sp³-hybridized carbons (Fsp3) is 0.133. The summed E-state index contributed by atoms with van der Waals surface area (Å²) < 4.78 is 37.2. The minimum absolute atomic E-state index is 0.0286. The number of hydrogen-bond acceptors (Lipinski definition) is 5. The Bertz CT molecular complexity index is 837. The van der Waals surface area contributed by atoms with Crippen molar-refractivity contribution in [3.8, 4) is 11.5 Å². The lowest BCUT2D eigenvalue weighted by Gasteiger charge is -2.10. The summed E-state index contributed by atoms with van der Waals surface area (Å²) in [6, 6.07) is 10.1. The third-order valence-electron chi connectivity index (χ3n) is 2.92. The van der Waals surface area contributed by atoms with Crippen LogP contribution in [0.1, 0.15) is 0 Å². The van der Waals surface area contributed by atoms with Crippen molar-refractivity contribution in [3.63, 3.8) is 0 Å². The molecule has 2 aromatic rings. The highest BCUT2D eigenvalue weighted by atomic mass is 35.5. The number of amides is 1. The topological polar surface area (TPSA) is 108 Å². The van der Waals surface area contributed by atoms with E-state index in [1.807, 2.05) is 0 Å². The van der Waals surface area contributed by atoms with Gasteiger partial charge in [0.25, 0.3) is 15.9 Å². The second kappa shape index (κ2) is 7.41. The molecule has 0 spiro atoms. The van der Waals surface area contributed by atoms with Crippen LogP contribution in [0.5, 0.6) is 11.5 Å². The van der Waals surface area contributed by atoms with E-state index in [1.165, 1.54) is 43.5 Å². The molecule has 0 fully saturated rings. The van der Waals surface area contributed by atoms with Crippen LogP contribution in [-0.4, -0.2) is 28.0 Å². The number of halogens is 1.